The zero-order valence-corrected chi connectivity index (χ0v) is 11.3. The Hall–Kier alpha value is -0.0800. The van der Waals surface area contributed by atoms with Crippen LogP contribution in [-0.2, 0) is 0 Å². The third kappa shape index (κ3) is 4.52. The molecule has 0 aliphatic heterocycles. The fraction of sp³-hybridized carbons (Fsp3) is 1.00. The highest BCUT2D eigenvalue weighted by Gasteiger charge is 2.27. The molecule has 92 valence electrons. The molecule has 2 nitrogen and oxygen atoms in total. The average molecular weight is 214 g/mol. The third-order valence-corrected chi connectivity index (χ3v) is 3.71. The molecule has 0 fully saturated rings. The second-order valence-corrected chi connectivity index (χ2v) is 4.98. The van der Waals surface area contributed by atoms with Crippen LogP contribution >= 0.6 is 0 Å². The molecule has 0 spiro atoms. The SMILES string of the molecule is CCCN(CC(CC)(CC)CN)C(C)C. The van der Waals surface area contributed by atoms with Gasteiger partial charge in [-0.3, -0.25) is 0 Å². The lowest BCUT2D eigenvalue weighted by atomic mass is 9.81. The topological polar surface area (TPSA) is 29.3 Å². The van der Waals surface area contributed by atoms with Crippen LogP contribution in [0.1, 0.15) is 53.9 Å². The van der Waals surface area contributed by atoms with Gasteiger partial charge >= 0.3 is 0 Å². The molecule has 0 radical (unpaired) electrons. The van der Waals surface area contributed by atoms with E-state index in [1.807, 2.05) is 0 Å². The van der Waals surface area contributed by atoms with Crippen molar-refractivity contribution >= 4 is 0 Å². The van der Waals surface area contributed by atoms with Gasteiger partial charge in [0.2, 0.25) is 0 Å². The first kappa shape index (κ1) is 14.9. The van der Waals surface area contributed by atoms with Gasteiger partial charge in [0.1, 0.15) is 0 Å². The Morgan fingerprint density at radius 1 is 1.13 bits per heavy atom. The molecule has 0 aromatic rings. The van der Waals surface area contributed by atoms with Crippen LogP contribution in [-0.4, -0.2) is 30.6 Å². The molecule has 0 aromatic carbocycles. The van der Waals surface area contributed by atoms with Crippen molar-refractivity contribution in [2.75, 3.05) is 19.6 Å². The lowest BCUT2D eigenvalue weighted by Gasteiger charge is -2.38. The second kappa shape index (κ2) is 7.24. The predicted molar refractivity (Wildman–Crippen MR) is 69.1 cm³/mol. The van der Waals surface area contributed by atoms with Crippen LogP contribution in [0.3, 0.4) is 0 Å². The minimum absolute atomic E-state index is 0.333. The quantitative estimate of drug-likeness (QED) is 0.673. The Labute approximate surface area is 96.2 Å². The molecule has 0 rings (SSSR count). The summed E-state index contributed by atoms with van der Waals surface area (Å²) in [6.45, 7) is 14.5. The number of rotatable bonds is 8. The van der Waals surface area contributed by atoms with Gasteiger partial charge in [0, 0.05) is 12.6 Å². The van der Waals surface area contributed by atoms with E-state index >= 15 is 0 Å². The fourth-order valence-corrected chi connectivity index (χ4v) is 2.06. The van der Waals surface area contributed by atoms with E-state index < -0.39 is 0 Å². The Morgan fingerprint density at radius 3 is 1.93 bits per heavy atom. The van der Waals surface area contributed by atoms with E-state index in [2.05, 4.69) is 39.5 Å². The monoisotopic (exact) mass is 214 g/mol. The van der Waals surface area contributed by atoms with Crippen molar-refractivity contribution in [2.24, 2.45) is 11.1 Å². The van der Waals surface area contributed by atoms with Crippen LogP contribution in [0.4, 0.5) is 0 Å². The molecular weight excluding hydrogens is 184 g/mol. The maximum absolute atomic E-state index is 5.95. The average Bonchev–Trinajstić information content (AvgIpc) is 2.24. The van der Waals surface area contributed by atoms with Gasteiger partial charge in [-0.25, -0.2) is 0 Å². The molecule has 15 heavy (non-hydrogen) atoms. The summed E-state index contributed by atoms with van der Waals surface area (Å²) in [5, 5.41) is 0. The van der Waals surface area contributed by atoms with Crippen molar-refractivity contribution in [2.45, 2.75) is 59.9 Å². The van der Waals surface area contributed by atoms with Crippen LogP contribution in [0.15, 0.2) is 0 Å². The van der Waals surface area contributed by atoms with Crippen LogP contribution in [0.5, 0.6) is 0 Å². The van der Waals surface area contributed by atoms with Gasteiger partial charge in [0.15, 0.2) is 0 Å². The third-order valence-electron chi connectivity index (χ3n) is 3.71. The summed E-state index contributed by atoms with van der Waals surface area (Å²) in [6, 6.07) is 0.633. The van der Waals surface area contributed by atoms with Crippen molar-refractivity contribution in [3.05, 3.63) is 0 Å². The Kier molecular flexibility index (Phi) is 7.20. The Bertz CT molecular complexity index is 142. The molecule has 2 heteroatoms. The number of nitrogens with zero attached hydrogens (tertiary/aromatic N) is 1. The fourth-order valence-electron chi connectivity index (χ4n) is 2.06. The summed E-state index contributed by atoms with van der Waals surface area (Å²) in [7, 11) is 0. The molecule has 0 aliphatic rings. The highest BCUT2D eigenvalue weighted by atomic mass is 15.2. The van der Waals surface area contributed by atoms with Crippen LogP contribution in [0.2, 0.25) is 0 Å². The van der Waals surface area contributed by atoms with Gasteiger partial charge in [0.25, 0.3) is 0 Å². The number of hydrogen-bond acceptors (Lipinski definition) is 2. The summed E-state index contributed by atoms with van der Waals surface area (Å²) in [6.07, 6.45) is 3.60. The highest BCUT2D eigenvalue weighted by Crippen LogP contribution is 2.27. The molecule has 0 amide bonds. The lowest BCUT2D eigenvalue weighted by Crippen LogP contribution is -2.45. The smallest absolute Gasteiger partial charge is 0.00526 e. The van der Waals surface area contributed by atoms with E-state index in [-0.39, 0.29) is 0 Å². The van der Waals surface area contributed by atoms with Crippen molar-refractivity contribution in [3.8, 4) is 0 Å². The van der Waals surface area contributed by atoms with E-state index in [4.69, 9.17) is 5.73 Å². The molecule has 0 bridgehead atoms. The standard InChI is InChI=1S/C13H30N2/c1-6-9-15(12(4)5)11-13(7-2,8-3)10-14/h12H,6-11,14H2,1-5H3. The van der Waals surface area contributed by atoms with Gasteiger partial charge in [0.05, 0.1) is 0 Å². The van der Waals surface area contributed by atoms with Crippen LogP contribution in [0.25, 0.3) is 0 Å². The van der Waals surface area contributed by atoms with E-state index in [1.165, 1.54) is 25.8 Å². The van der Waals surface area contributed by atoms with Gasteiger partial charge < -0.3 is 10.6 Å². The normalized spacial score (nSPS) is 12.8. The first-order valence-corrected chi connectivity index (χ1v) is 6.49. The zero-order chi connectivity index (χ0) is 11.9. The highest BCUT2D eigenvalue weighted by molar-refractivity contribution is 4.82. The van der Waals surface area contributed by atoms with E-state index in [0.29, 0.717) is 11.5 Å². The van der Waals surface area contributed by atoms with Crippen molar-refractivity contribution in [1.82, 2.24) is 4.90 Å². The number of hydrogen-bond donors (Lipinski definition) is 1. The minimum atomic E-state index is 0.333. The van der Waals surface area contributed by atoms with Crippen LogP contribution in [0, 0.1) is 5.41 Å². The molecule has 0 unspecified atom stereocenters. The summed E-state index contributed by atoms with van der Waals surface area (Å²) >= 11 is 0. The van der Waals surface area contributed by atoms with Crippen molar-refractivity contribution in [3.63, 3.8) is 0 Å². The van der Waals surface area contributed by atoms with Crippen molar-refractivity contribution < 1.29 is 0 Å². The molecule has 0 saturated carbocycles. The van der Waals surface area contributed by atoms with Gasteiger partial charge in [-0.2, -0.15) is 0 Å². The molecule has 0 heterocycles. The van der Waals surface area contributed by atoms with Crippen LogP contribution < -0.4 is 5.73 Å². The minimum Gasteiger partial charge on any atom is -0.330 e. The lowest BCUT2D eigenvalue weighted by molar-refractivity contribution is 0.117. The summed E-state index contributed by atoms with van der Waals surface area (Å²) in [4.78, 5) is 2.57. The Balaban J connectivity index is 4.45. The molecule has 2 N–H and O–H groups in total. The van der Waals surface area contributed by atoms with Gasteiger partial charge in [-0.15, -0.1) is 0 Å². The van der Waals surface area contributed by atoms with E-state index in [1.54, 1.807) is 0 Å². The first-order valence-electron chi connectivity index (χ1n) is 6.49. The maximum Gasteiger partial charge on any atom is 0.00526 e. The molecule has 0 atom stereocenters. The maximum atomic E-state index is 5.95. The summed E-state index contributed by atoms with van der Waals surface area (Å²) < 4.78 is 0. The molecule has 0 aliphatic carbocycles. The van der Waals surface area contributed by atoms with E-state index in [0.717, 1.165) is 13.1 Å². The van der Waals surface area contributed by atoms with Crippen molar-refractivity contribution in [1.29, 1.82) is 0 Å². The molecule has 0 aromatic heterocycles. The molecular formula is C13H30N2. The predicted octanol–water partition coefficient (Wildman–Crippen LogP) is 2.87. The summed E-state index contributed by atoms with van der Waals surface area (Å²) in [5.74, 6) is 0. The van der Waals surface area contributed by atoms with E-state index in [9.17, 15) is 0 Å². The second-order valence-electron chi connectivity index (χ2n) is 4.98. The molecule has 0 saturated heterocycles. The Morgan fingerprint density at radius 2 is 1.67 bits per heavy atom. The largest absolute Gasteiger partial charge is 0.330 e. The zero-order valence-electron chi connectivity index (χ0n) is 11.3. The summed E-state index contributed by atoms with van der Waals surface area (Å²) in [5.41, 5.74) is 6.28. The number of nitrogens with two attached hydrogens (primary N) is 1. The van der Waals surface area contributed by atoms with Gasteiger partial charge in [-0.1, -0.05) is 20.8 Å². The van der Waals surface area contributed by atoms with Gasteiger partial charge in [-0.05, 0) is 51.6 Å². The first-order chi connectivity index (χ1) is 7.05.